The van der Waals surface area contributed by atoms with E-state index in [2.05, 4.69) is 34.1 Å². The average Bonchev–Trinajstić information content (AvgIpc) is 4.02. The van der Waals surface area contributed by atoms with Crippen molar-refractivity contribution in [3.8, 4) is 17.6 Å². The number of hydrogen-bond donors (Lipinski definition) is 2. The van der Waals surface area contributed by atoms with Gasteiger partial charge in [-0.1, -0.05) is 54.6 Å². The van der Waals surface area contributed by atoms with Crippen molar-refractivity contribution in [2.45, 2.75) is 42.3 Å². The molecule has 1 atom stereocenters. The predicted octanol–water partition coefficient (Wildman–Crippen LogP) is -1.70. The normalized spacial score (nSPS) is 12.2. The van der Waals surface area contributed by atoms with E-state index in [-0.39, 0.29) is 81.5 Å². The molecule has 6 rings (SSSR count). The summed E-state index contributed by atoms with van der Waals surface area (Å²) < 4.78 is 113. The molecule has 3 aromatic carbocycles. The Labute approximate surface area is 382 Å². The van der Waals surface area contributed by atoms with E-state index in [0.717, 1.165) is 6.92 Å². The molecule has 29 nitrogen and oxygen atoms in total. The lowest BCUT2D eigenvalue weighted by atomic mass is 10.1. The third kappa shape index (κ3) is 13.1. The van der Waals surface area contributed by atoms with Gasteiger partial charge in [-0.3, -0.25) is 23.6 Å². The molecule has 0 bridgehead atoms. The first kappa shape index (κ1) is 52.6. The van der Waals surface area contributed by atoms with Crippen molar-refractivity contribution >= 4 is 48.1 Å². The molecule has 68 heavy (non-hydrogen) atoms. The summed E-state index contributed by atoms with van der Waals surface area (Å²) in [5.41, 5.74) is -1.99. The van der Waals surface area contributed by atoms with Gasteiger partial charge in [-0.25, -0.2) is 30.0 Å². The second-order valence-corrected chi connectivity index (χ2v) is 18.6. The Balaban J connectivity index is 0.000000682. The summed E-state index contributed by atoms with van der Waals surface area (Å²) in [5, 5.41) is 61.5. The molecule has 0 aliphatic heterocycles. The van der Waals surface area contributed by atoms with Crippen LogP contribution in [0.25, 0.3) is 0 Å². The maximum atomic E-state index is 13.2. The number of carbonyl (C=O) groups excluding carboxylic acids is 3. The van der Waals surface area contributed by atoms with Crippen LogP contribution in [-0.2, 0) is 53.4 Å². The molecule has 0 saturated heterocycles. The van der Waals surface area contributed by atoms with E-state index in [1.54, 1.807) is 18.2 Å². The third-order valence-corrected chi connectivity index (χ3v) is 13.6. The lowest BCUT2D eigenvalue weighted by Crippen LogP contribution is -2.39. The van der Waals surface area contributed by atoms with E-state index in [9.17, 15) is 50.5 Å². The van der Waals surface area contributed by atoms with Gasteiger partial charge in [0.1, 0.15) is 26.4 Å². The second-order valence-electron chi connectivity index (χ2n) is 13.0. The van der Waals surface area contributed by atoms with E-state index in [0.29, 0.717) is 0 Å². The number of aromatic nitrogens is 6. The predicted molar refractivity (Wildman–Crippen MR) is 210 cm³/mol. The Morgan fingerprint density at radius 3 is 1.18 bits per heavy atom. The molecule has 6 aromatic rings. The quantitative estimate of drug-likeness (QED) is 0.0565. The number of nitrogens with zero attached hydrogens (tertiary/aromatic N) is 7. The fourth-order valence-electron chi connectivity index (χ4n) is 5.13. The number of aliphatic hydroxyl groups is 1. The summed E-state index contributed by atoms with van der Waals surface area (Å²) >= 11 is 0. The van der Waals surface area contributed by atoms with E-state index >= 15 is 0 Å². The smallest absolute Gasteiger partial charge is 0.415 e. The molecule has 0 fully saturated rings. The summed E-state index contributed by atoms with van der Waals surface area (Å²) in [7, 11) is -13.3. The van der Waals surface area contributed by atoms with Crippen LogP contribution in [0.1, 0.15) is 6.92 Å². The zero-order valence-corrected chi connectivity index (χ0v) is 37.1. The highest BCUT2D eigenvalue weighted by Crippen LogP contribution is 2.27. The molecule has 3 aromatic heterocycles. The Kier molecular flexibility index (Phi) is 18.1. The summed E-state index contributed by atoms with van der Waals surface area (Å²) in [4.78, 5) is 35.8. The number of rotatable bonds is 22. The average molecular weight is 1010 g/mol. The minimum absolute atomic E-state index is 0.0808. The van der Waals surface area contributed by atoms with E-state index in [1.807, 2.05) is 0 Å². The SMILES string of the molecule is CC(O)(COC=O)C(=O)O.O=C=O.O=S(=O)(c1ccccc1)c1c(OCCN(CCOc2no[n+]([O-])c2S(=O)(=O)c2ccccc2)CCOc2no[n+]([O-])c2S(=O)(=O)c2ccccc2)no[n+]1[O-]. The van der Waals surface area contributed by atoms with Crippen LogP contribution in [0.3, 0.4) is 0 Å². The van der Waals surface area contributed by atoms with E-state index in [1.165, 1.54) is 77.7 Å². The molecule has 3 heterocycles. The van der Waals surface area contributed by atoms with Gasteiger partial charge in [-0.15, -0.1) is 0 Å². The highest BCUT2D eigenvalue weighted by Gasteiger charge is 2.38. The van der Waals surface area contributed by atoms with Gasteiger partial charge in [0.15, 0.2) is 5.60 Å². The topological polar surface area (TPSA) is 410 Å². The minimum Gasteiger partial charge on any atom is -0.479 e. The van der Waals surface area contributed by atoms with Crippen LogP contribution in [0.15, 0.2) is 135 Å². The standard InChI is InChI=1S/C30H27N7O15S3.C5H8O5.CO2/c38-35-28(53(41,42)22-10-4-1-5-11-22)25(31-50-35)47-19-16-34(17-20-48-26-29(36(39)51-32-26)54(43,44)23-12-6-2-7-13-23)18-21-49-27-30(37(40)52-33-27)55(45,46)24-14-8-3-9-15-24;1-5(9,4(7)8)2-10-3-6;2-1-3/h1-15H,16-21H2;3,9H,2H2,1H3,(H,7,8);. The molecular formula is C36H35N7O22S3. The van der Waals surface area contributed by atoms with Gasteiger partial charge in [-0.2, -0.15) is 9.59 Å². The third-order valence-electron chi connectivity index (χ3n) is 8.40. The summed E-state index contributed by atoms with van der Waals surface area (Å²) in [6.45, 7) is -0.764. The fraction of sp³-hybridized carbons (Fsp3) is 0.250. The largest absolute Gasteiger partial charge is 0.479 e. The van der Waals surface area contributed by atoms with Crippen LogP contribution in [0.4, 0.5) is 0 Å². The molecule has 364 valence electrons. The van der Waals surface area contributed by atoms with Gasteiger partial charge < -0.3 is 44.8 Å². The molecule has 1 unspecified atom stereocenters. The van der Waals surface area contributed by atoms with Crippen molar-refractivity contribution in [1.29, 1.82) is 0 Å². The van der Waals surface area contributed by atoms with Gasteiger partial charge in [0.25, 0.3) is 36.0 Å². The van der Waals surface area contributed by atoms with Crippen molar-refractivity contribution in [2.75, 3.05) is 46.1 Å². The summed E-state index contributed by atoms with van der Waals surface area (Å²) in [6, 6.07) is 21.0. The maximum Gasteiger partial charge on any atom is 0.415 e. The highest BCUT2D eigenvalue weighted by molar-refractivity contribution is 7.92. The van der Waals surface area contributed by atoms with Crippen molar-refractivity contribution in [1.82, 2.24) is 20.4 Å². The molecule has 0 saturated carbocycles. The monoisotopic (exact) mass is 1010 g/mol. The van der Waals surface area contributed by atoms with Gasteiger partial charge in [0.2, 0.25) is 0 Å². The summed E-state index contributed by atoms with van der Waals surface area (Å²) in [6.07, 6.45) is 0.250. The lowest BCUT2D eigenvalue weighted by molar-refractivity contribution is -0.832. The highest BCUT2D eigenvalue weighted by atomic mass is 32.2. The van der Waals surface area contributed by atoms with Gasteiger partial charge in [0.05, 0.1) is 30.2 Å². The maximum absolute atomic E-state index is 13.2. The Hall–Kier alpha value is -8.03. The minimum atomic E-state index is -4.44. The number of sulfone groups is 3. The number of carbonyl (C=O) groups is 2. The van der Waals surface area contributed by atoms with Gasteiger partial charge in [0, 0.05) is 19.6 Å². The number of carboxylic acid groups (broad SMARTS) is 1. The van der Waals surface area contributed by atoms with Crippen molar-refractivity contribution < 1.29 is 102 Å². The van der Waals surface area contributed by atoms with Crippen LogP contribution < -0.4 is 28.9 Å². The Morgan fingerprint density at radius 2 is 0.926 bits per heavy atom. The lowest BCUT2D eigenvalue weighted by Gasteiger charge is -2.21. The zero-order valence-electron chi connectivity index (χ0n) is 34.6. The molecule has 0 spiro atoms. The molecule has 0 amide bonds. The van der Waals surface area contributed by atoms with Crippen LogP contribution in [0.2, 0.25) is 0 Å². The Morgan fingerprint density at radius 1 is 0.647 bits per heavy atom. The zero-order chi connectivity index (χ0) is 50.1. The van der Waals surface area contributed by atoms with E-state index < -0.39 is 80.4 Å². The number of aliphatic carboxylic acids is 1. The molecular weight excluding hydrogens is 979 g/mol. The number of carboxylic acids is 1. The molecule has 0 radical (unpaired) electrons. The first-order valence-electron chi connectivity index (χ1n) is 18.5. The van der Waals surface area contributed by atoms with Crippen molar-refractivity contribution in [3.05, 3.63) is 107 Å². The molecule has 2 N–H and O–H groups in total. The first-order chi connectivity index (χ1) is 32.2. The number of ether oxygens (including phenoxy) is 4. The van der Waals surface area contributed by atoms with Crippen LogP contribution in [-0.4, -0.2) is 126 Å². The van der Waals surface area contributed by atoms with Crippen LogP contribution in [0.5, 0.6) is 17.6 Å². The van der Waals surface area contributed by atoms with Crippen LogP contribution in [0, 0.1) is 15.6 Å². The van der Waals surface area contributed by atoms with E-state index in [4.69, 9.17) is 34.0 Å². The van der Waals surface area contributed by atoms with Crippen molar-refractivity contribution in [2.24, 2.45) is 0 Å². The summed E-state index contributed by atoms with van der Waals surface area (Å²) in [5.74, 6) is -3.37. The van der Waals surface area contributed by atoms with Crippen molar-refractivity contribution in [3.63, 3.8) is 0 Å². The number of benzene rings is 3. The van der Waals surface area contributed by atoms with Gasteiger partial charge in [-0.05, 0) is 58.0 Å². The first-order valence-corrected chi connectivity index (χ1v) is 23.0. The number of hydrogen-bond acceptors (Lipinski definition) is 25. The molecule has 0 aliphatic rings. The second kappa shape index (κ2) is 23.4. The molecule has 32 heteroatoms. The Bertz CT molecular complexity index is 2690. The molecule has 0 aliphatic carbocycles. The van der Waals surface area contributed by atoms with Gasteiger partial charge >= 0.3 is 44.8 Å². The van der Waals surface area contributed by atoms with Crippen LogP contribution >= 0.6 is 0 Å². The fourth-order valence-corrected chi connectivity index (χ4v) is 9.01.